The lowest BCUT2D eigenvalue weighted by molar-refractivity contribution is -0.148. The zero-order valence-electron chi connectivity index (χ0n) is 8.62. The van der Waals surface area contributed by atoms with Crippen LogP contribution in [0.4, 0.5) is 0 Å². The lowest BCUT2D eigenvalue weighted by atomic mass is 9.99. The van der Waals surface area contributed by atoms with Gasteiger partial charge in [-0.15, -0.1) is 0 Å². The lowest BCUT2D eigenvalue weighted by Crippen LogP contribution is -2.62. The van der Waals surface area contributed by atoms with Crippen LogP contribution in [-0.2, 0) is 9.59 Å². The smallest absolute Gasteiger partial charge is 0.246 e. The molecule has 1 unspecified atom stereocenters. The minimum absolute atomic E-state index is 0.0285. The zero-order valence-corrected chi connectivity index (χ0v) is 8.62. The van der Waals surface area contributed by atoms with Gasteiger partial charge in [0.05, 0.1) is 0 Å². The van der Waals surface area contributed by atoms with Crippen molar-refractivity contribution >= 4 is 11.8 Å². The first-order valence-corrected chi connectivity index (χ1v) is 5.22. The van der Waals surface area contributed by atoms with E-state index in [2.05, 4.69) is 5.32 Å². The van der Waals surface area contributed by atoms with Crippen LogP contribution in [-0.4, -0.2) is 35.3 Å². The van der Waals surface area contributed by atoms with E-state index < -0.39 is 0 Å². The standard InChI is InChI=1S/C10H16N2O2/c1-6(2)8-10(14)12-5-3-4-7(12)9(13)11-8/h6-8H,3-5H2,1-2H3,(H,11,13)/t7-,8?/m1/s1. The highest BCUT2D eigenvalue weighted by Crippen LogP contribution is 2.23. The van der Waals surface area contributed by atoms with E-state index in [-0.39, 0.29) is 29.8 Å². The summed E-state index contributed by atoms with van der Waals surface area (Å²) >= 11 is 0. The number of carbonyl (C=O) groups is 2. The lowest BCUT2D eigenvalue weighted by Gasteiger charge is -2.36. The second-order valence-corrected chi connectivity index (χ2v) is 4.42. The molecule has 1 N–H and O–H groups in total. The van der Waals surface area contributed by atoms with Crippen LogP contribution in [0.2, 0.25) is 0 Å². The van der Waals surface area contributed by atoms with Gasteiger partial charge < -0.3 is 10.2 Å². The van der Waals surface area contributed by atoms with Gasteiger partial charge >= 0.3 is 0 Å². The molecule has 2 saturated heterocycles. The van der Waals surface area contributed by atoms with E-state index in [9.17, 15) is 9.59 Å². The molecular formula is C10H16N2O2. The van der Waals surface area contributed by atoms with Gasteiger partial charge in [0, 0.05) is 6.54 Å². The van der Waals surface area contributed by atoms with Gasteiger partial charge in [-0.1, -0.05) is 13.8 Å². The van der Waals surface area contributed by atoms with Crippen LogP contribution in [0.1, 0.15) is 26.7 Å². The number of carbonyl (C=O) groups excluding carboxylic acids is 2. The first-order chi connectivity index (χ1) is 6.61. The molecule has 2 fully saturated rings. The first-order valence-electron chi connectivity index (χ1n) is 5.22. The van der Waals surface area contributed by atoms with Crippen molar-refractivity contribution in [3.8, 4) is 0 Å². The fourth-order valence-electron chi connectivity index (χ4n) is 2.24. The third-order valence-electron chi connectivity index (χ3n) is 3.07. The molecule has 2 aliphatic rings. The molecule has 0 aromatic carbocycles. The van der Waals surface area contributed by atoms with E-state index in [0.717, 1.165) is 19.4 Å². The Morgan fingerprint density at radius 1 is 1.43 bits per heavy atom. The average Bonchev–Trinajstić information content (AvgIpc) is 2.59. The Morgan fingerprint density at radius 3 is 2.79 bits per heavy atom. The number of hydrogen-bond donors (Lipinski definition) is 1. The van der Waals surface area contributed by atoms with E-state index in [0.29, 0.717) is 0 Å². The van der Waals surface area contributed by atoms with Gasteiger partial charge in [-0.3, -0.25) is 9.59 Å². The zero-order chi connectivity index (χ0) is 10.3. The summed E-state index contributed by atoms with van der Waals surface area (Å²) in [7, 11) is 0. The summed E-state index contributed by atoms with van der Waals surface area (Å²) in [5.41, 5.74) is 0. The summed E-state index contributed by atoms with van der Waals surface area (Å²) in [5, 5.41) is 2.81. The molecule has 78 valence electrons. The number of fused-ring (bicyclic) bond motifs is 1. The van der Waals surface area contributed by atoms with Gasteiger partial charge in [-0.2, -0.15) is 0 Å². The van der Waals surface area contributed by atoms with Gasteiger partial charge in [0.15, 0.2) is 0 Å². The van der Waals surface area contributed by atoms with Gasteiger partial charge in [0.25, 0.3) is 0 Å². The molecule has 0 bridgehead atoms. The second-order valence-electron chi connectivity index (χ2n) is 4.42. The fraction of sp³-hybridized carbons (Fsp3) is 0.800. The maximum Gasteiger partial charge on any atom is 0.246 e. The summed E-state index contributed by atoms with van der Waals surface area (Å²) in [6, 6.07) is -0.491. The van der Waals surface area contributed by atoms with Crippen LogP contribution in [0.5, 0.6) is 0 Å². The number of amides is 2. The van der Waals surface area contributed by atoms with Crippen LogP contribution < -0.4 is 5.32 Å². The molecule has 0 aliphatic carbocycles. The average molecular weight is 196 g/mol. The van der Waals surface area contributed by atoms with Crippen LogP contribution in [0, 0.1) is 5.92 Å². The summed E-state index contributed by atoms with van der Waals surface area (Å²) in [6.07, 6.45) is 1.77. The number of piperazine rings is 1. The number of rotatable bonds is 1. The van der Waals surface area contributed by atoms with Crippen molar-refractivity contribution in [1.82, 2.24) is 10.2 Å². The second kappa shape index (κ2) is 3.26. The molecule has 2 amide bonds. The van der Waals surface area contributed by atoms with Crippen LogP contribution in [0.25, 0.3) is 0 Å². The topological polar surface area (TPSA) is 49.4 Å². The first kappa shape index (κ1) is 9.49. The van der Waals surface area contributed by atoms with Crippen LogP contribution >= 0.6 is 0 Å². The Labute approximate surface area is 83.6 Å². The highest BCUT2D eigenvalue weighted by atomic mass is 16.2. The summed E-state index contributed by atoms with van der Waals surface area (Å²) in [6.45, 7) is 4.67. The van der Waals surface area contributed by atoms with Gasteiger partial charge in [-0.25, -0.2) is 0 Å². The van der Waals surface area contributed by atoms with Crippen LogP contribution in [0.3, 0.4) is 0 Å². The number of nitrogens with one attached hydrogen (secondary N) is 1. The third-order valence-corrected chi connectivity index (χ3v) is 3.07. The molecule has 0 aromatic heterocycles. The van der Waals surface area contributed by atoms with E-state index in [4.69, 9.17) is 0 Å². The Morgan fingerprint density at radius 2 is 2.14 bits per heavy atom. The Bertz CT molecular complexity index is 271. The highest BCUT2D eigenvalue weighted by molar-refractivity contribution is 5.97. The predicted octanol–water partition coefficient (Wildman–Crippen LogP) is 0.132. The molecule has 2 heterocycles. The maximum atomic E-state index is 11.9. The van der Waals surface area contributed by atoms with Crippen molar-refractivity contribution in [1.29, 1.82) is 0 Å². The minimum atomic E-state index is -0.308. The molecule has 2 atom stereocenters. The summed E-state index contributed by atoms with van der Waals surface area (Å²) < 4.78 is 0. The molecule has 0 spiro atoms. The van der Waals surface area contributed by atoms with Gasteiger partial charge in [-0.05, 0) is 18.8 Å². The monoisotopic (exact) mass is 196 g/mol. The van der Waals surface area contributed by atoms with E-state index in [1.54, 1.807) is 4.90 Å². The highest BCUT2D eigenvalue weighted by Gasteiger charge is 2.43. The molecule has 14 heavy (non-hydrogen) atoms. The maximum absolute atomic E-state index is 11.9. The number of hydrogen-bond acceptors (Lipinski definition) is 2. The molecular weight excluding hydrogens is 180 g/mol. The van der Waals surface area contributed by atoms with Crippen molar-refractivity contribution in [2.45, 2.75) is 38.8 Å². The van der Waals surface area contributed by atoms with Crippen LogP contribution in [0.15, 0.2) is 0 Å². The third kappa shape index (κ3) is 1.29. The fourth-order valence-corrected chi connectivity index (χ4v) is 2.24. The molecule has 0 aromatic rings. The molecule has 4 heteroatoms. The normalized spacial score (nSPS) is 32.1. The summed E-state index contributed by atoms with van der Waals surface area (Å²) in [5.74, 6) is 0.302. The van der Waals surface area contributed by atoms with E-state index in [1.165, 1.54) is 0 Å². The quantitative estimate of drug-likeness (QED) is 0.648. The van der Waals surface area contributed by atoms with Crippen molar-refractivity contribution in [3.05, 3.63) is 0 Å². The van der Waals surface area contributed by atoms with Crippen molar-refractivity contribution in [3.63, 3.8) is 0 Å². The molecule has 2 rings (SSSR count). The van der Waals surface area contributed by atoms with Gasteiger partial charge in [0.2, 0.25) is 11.8 Å². The number of nitrogens with zero attached hydrogens (tertiary/aromatic N) is 1. The van der Waals surface area contributed by atoms with Gasteiger partial charge in [0.1, 0.15) is 12.1 Å². The molecule has 4 nitrogen and oxygen atoms in total. The van der Waals surface area contributed by atoms with Crippen molar-refractivity contribution < 1.29 is 9.59 Å². The Hall–Kier alpha value is -1.06. The summed E-state index contributed by atoms with van der Waals surface area (Å²) in [4.78, 5) is 25.3. The van der Waals surface area contributed by atoms with E-state index >= 15 is 0 Å². The predicted molar refractivity (Wildman–Crippen MR) is 51.5 cm³/mol. The molecule has 2 aliphatic heterocycles. The van der Waals surface area contributed by atoms with Crippen molar-refractivity contribution in [2.75, 3.05) is 6.54 Å². The minimum Gasteiger partial charge on any atom is -0.342 e. The van der Waals surface area contributed by atoms with E-state index in [1.807, 2.05) is 13.8 Å². The Kier molecular flexibility index (Phi) is 2.21. The molecule has 0 radical (unpaired) electrons. The molecule has 0 saturated carbocycles. The SMILES string of the molecule is CC(C)C1NC(=O)[C@H]2CCCN2C1=O. The Balaban J connectivity index is 2.20. The van der Waals surface area contributed by atoms with Crippen molar-refractivity contribution in [2.24, 2.45) is 5.92 Å². The largest absolute Gasteiger partial charge is 0.342 e.